The number of carbonyl (C=O) groups is 2. The van der Waals surface area contributed by atoms with E-state index >= 15 is 0 Å². The first kappa shape index (κ1) is 16.1. The van der Waals surface area contributed by atoms with Gasteiger partial charge in [0.1, 0.15) is 0 Å². The third kappa shape index (κ3) is 4.65. The first-order valence-corrected chi connectivity index (χ1v) is 7.39. The zero-order valence-electron chi connectivity index (χ0n) is 13.0. The van der Waals surface area contributed by atoms with Crippen molar-refractivity contribution in [2.75, 3.05) is 27.3 Å². The highest BCUT2D eigenvalue weighted by Gasteiger charge is 2.29. The molecule has 0 radical (unpaired) electrons. The Bertz CT molecular complexity index is 541. The van der Waals surface area contributed by atoms with Gasteiger partial charge in [0, 0.05) is 12.5 Å². The third-order valence-corrected chi connectivity index (χ3v) is 3.56. The van der Waals surface area contributed by atoms with Crippen LogP contribution in [-0.4, -0.2) is 39.1 Å². The Morgan fingerprint density at radius 1 is 1.14 bits per heavy atom. The van der Waals surface area contributed by atoms with Crippen molar-refractivity contribution in [1.82, 2.24) is 10.6 Å². The maximum absolute atomic E-state index is 11.6. The van der Waals surface area contributed by atoms with Crippen LogP contribution in [0.3, 0.4) is 0 Å². The molecule has 0 aromatic heterocycles. The number of benzene rings is 1. The van der Waals surface area contributed by atoms with E-state index in [1.165, 1.54) is 0 Å². The van der Waals surface area contributed by atoms with Crippen LogP contribution in [-0.2, 0) is 16.0 Å². The molecule has 6 nitrogen and oxygen atoms in total. The molecule has 0 heterocycles. The van der Waals surface area contributed by atoms with Crippen LogP contribution in [0.5, 0.6) is 11.5 Å². The molecule has 0 unspecified atom stereocenters. The van der Waals surface area contributed by atoms with Crippen LogP contribution in [0.1, 0.15) is 18.4 Å². The Morgan fingerprint density at radius 2 is 1.86 bits per heavy atom. The summed E-state index contributed by atoms with van der Waals surface area (Å²) in [5, 5.41) is 5.43. The molecule has 6 heteroatoms. The van der Waals surface area contributed by atoms with E-state index in [0.717, 1.165) is 18.4 Å². The molecule has 0 bridgehead atoms. The normalized spacial score (nSPS) is 13.4. The van der Waals surface area contributed by atoms with Crippen LogP contribution in [0.4, 0.5) is 0 Å². The summed E-state index contributed by atoms with van der Waals surface area (Å²) in [6, 6.07) is 5.66. The molecule has 22 heavy (non-hydrogen) atoms. The predicted molar refractivity (Wildman–Crippen MR) is 82.0 cm³/mol. The Kier molecular flexibility index (Phi) is 5.63. The van der Waals surface area contributed by atoms with Gasteiger partial charge >= 0.3 is 0 Å². The highest BCUT2D eigenvalue weighted by atomic mass is 16.5. The number of hydrogen-bond acceptors (Lipinski definition) is 4. The summed E-state index contributed by atoms with van der Waals surface area (Å²) in [5.41, 5.74) is 1.04. The van der Waals surface area contributed by atoms with Gasteiger partial charge in [-0.3, -0.25) is 9.59 Å². The summed E-state index contributed by atoms with van der Waals surface area (Å²) in [4.78, 5) is 23.1. The van der Waals surface area contributed by atoms with Gasteiger partial charge < -0.3 is 20.1 Å². The molecule has 2 N–H and O–H groups in total. The van der Waals surface area contributed by atoms with Gasteiger partial charge in [0.2, 0.25) is 11.8 Å². The summed E-state index contributed by atoms with van der Waals surface area (Å²) in [7, 11) is 3.18. The number of amides is 2. The first-order valence-electron chi connectivity index (χ1n) is 7.39. The van der Waals surface area contributed by atoms with E-state index in [1.807, 2.05) is 18.2 Å². The Morgan fingerprint density at radius 3 is 2.50 bits per heavy atom. The summed E-state index contributed by atoms with van der Waals surface area (Å²) >= 11 is 0. The van der Waals surface area contributed by atoms with Gasteiger partial charge in [-0.15, -0.1) is 0 Å². The number of nitrogens with one attached hydrogen (secondary N) is 2. The lowest BCUT2D eigenvalue weighted by Crippen LogP contribution is -2.38. The summed E-state index contributed by atoms with van der Waals surface area (Å²) in [6.07, 6.45) is 2.56. The van der Waals surface area contributed by atoms with Crippen LogP contribution >= 0.6 is 0 Å². The van der Waals surface area contributed by atoms with Gasteiger partial charge in [0.15, 0.2) is 11.5 Å². The molecule has 1 aromatic rings. The average Bonchev–Trinajstić information content (AvgIpc) is 3.37. The monoisotopic (exact) mass is 306 g/mol. The van der Waals surface area contributed by atoms with Gasteiger partial charge in [-0.25, -0.2) is 0 Å². The lowest BCUT2D eigenvalue weighted by Gasteiger charge is -2.10. The van der Waals surface area contributed by atoms with E-state index in [0.29, 0.717) is 24.5 Å². The fourth-order valence-corrected chi connectivity index (χ4v) is 2.10. The van der Waals surface area contributed by atoms with Crippen molar-refractivity contribution in [2.24, 2.45) is 5.92 Å². The number of ether oxygens (including phenoxy) is 2. The van der Waals surface area contributed by atoms with Crippen molar-refractivity contribution in [1.29, 1.82) is 0 Å². The summed E-state index contributed by atoms with van der Waals surface area (Å²) in [5.74, 6) is 1.28. The molecule has 1 saturated carbocycles. The van der Waals surface area contributed by atoms with Crippen molar-refractivity contribution in [3.8, 4) is 11.5 Å². The first-order chi connectivity index (χ1) is 10.6. The molecule has 0 spiro atoms. The van der Waals surface area contributed by atoms with Crippen LogP contribution in [0.15, 0.2) is 18.2 Å². The van der Waals surface area contributed by atoms with E-state index in [1.54, 1.807) is 14.2 Å². The van der Waals surface area contributed by atoms with E-state index in [9.17, 15) is 9.59 Å². The maximum Gasteiger partial charge on any atom is 0.239 e. The zero-order chi connectivity index (χ0) is 15.9. The average molecular weight is 306 g/mol. The second kappa shape index (κ2) is 7.68. The predicted octanol–water partition coefficient (Wildman–Crippen LogP) is 0.889. The molecule has 2 amide bonds. The summed E-state index contributed by atoms with van der Waals surface area (Å²) < 4.78 is 10.4. The Balaban J connectivity index is 1.71. The van der Waals surface area contributed by atoms with Crippen molar-refractivity contribution in [3.63, 3.8) is 0 Å². The largest absolute Gasteiger partial charge is 0.493 e. The van der Waals surface area contributed by atoms with Gasteiger partial charge in [0.25, 0.3) is 0 Å². The van der Waals surface area contributed by atoms with Gasteiger partial charge in [-0.1, -0.05) is 6.07 Å². The highest BCUT2D eigenvalue weighted by Crippen LogP contribution is 2.28. The Labute approximate surface area is 130 Å². The SMILES string of the molecule is COc1ccc(CCNC(=O)CNC(=O)C2CC2)cc1OC. The fraction of sp³-hybridized carbons (Fsp3) is 0.500. The minimum atomic E-state index is -0.172. The third-order valence-electron chi connectivity index (χ3n) is 3.56. The van der Waals surface area contributed by atoms with Crippen LogP contribution in [0.2, 0.25) is 0 Å². The van der Waals surface area contributed by atoms with Crippen molar-refractivity contribution >= 4 is 11.8 Å². The minimum absolute atomic E-state index is 0.0185. The fourth-order valence-electron chi connectivity index (χ4n) is 2.10. The molecular formula is C16H22N2O4. The molecule has 120 valence electrons. The van der Waals surface area contributed by atoms with Crippen LogP contribution < -0.4 is 20.1 Å². The topological polar surface area (TPSA) is 76.7 Å². The van der Waals surface area contributed by atoms with Crippen LogP contribution in [0, 0.1) is 5.92 Å². The van der Waals surface area contributed by atoms with E-state index in [-0.39, 0.29) is 24.3 Å². The summed E-state index contributed by atoms with van der Waals surface area (Å²) in [6.45, 7) is 0.550. The number of methoxy groups -OCH3 is 2. The quantitative estimate of drug-likeness (QED) is 0.748. The molecule has 1 aliphatic rings. The minimum Gasteiger partial charge on any atom is -0.493 e. The smallest absolute Gasteiger partial charge is 0.239 e. The van der Waals surface area contributed by atoms with Crippen molar-refractivity contribution in [2.45, 2.75) is 19.3 Å². The maximum atomic E-state index is 11.6. The standard InChI is InChI=1S/C16H22N2O4/c1-21-13-6-3-11(9-14(13)22-2)7-8-17-15(19)10-18-16(20)12-4-5-12/h3,6,9,12H,4-5,7-8,10H2,1-2H3,(H,17,19)(H,18,20). The molecule has 0 aliphatic heterocycles. The number of rotatable bonds is 8. The molecule has 0 atom stereocenters. The van der Waals surface area contributed by atoms with Crippen molar-refractivity contribution < 1.29 is 19.1 Å². The lowest BCUT2D eigenvalue weighted by atomic mass is 10.1. The van der Waals surface area contributed by atoms with Gasteiger partial charge in [0.05, 0.1) is 20.8 Å². The van der Waals surface area contributed by atoms with Gasteiger partial charge in [-0.2, -0.15) is 0 Å². The second-order valence-electron chi connectivity index (χ2n) is 5.28. The number of carbonyl (C=O) groups excluding carboxylic acids is 2. The zero-order valence-corrected chi connectivity index (χ0v) is 13.0. The molecule has 0 saturated heterocycles. The highest BCUT2D eigenvalue weighted by molar-refractivity contribution is 5.86. The molecule has 1 aliphatic carbocycles. The second-order valence-corrected chi connectivity index (χ2v) is 5.28. The van der Waals surface area contributed by atoms with Crippen LogP contribution in [0.25, 0.3) is 0 Å². The molecule has 1 aromatic carbocycles. The van der Waals surface area contributed by atoms with E-state index in [4.69, 9.17) is 9.47 Å². The lowest BCUT2D eigenvalue weighted by molar-refractivity contribution is -0.126. The van der Waals surface area contributed by atoms with Gasteiger partial charge in [-0.05, 0) is 37.0 Å². The van der Waals surface area contributed by atoms with E-state index in [2.05, 4.69) is 10.6 Å². The molecular weight excluding hydrogens is 284 g/mol. The Hall–Kier alpha value is -2.24. The molecule has 2 rings (SSSR count). The number of hydrogen-bond donors (Lipinski definition) is 2. The molecule has 1 fully saturated rings. The van der Waals surface area contributed by atoms with E-state index < -0.39 is 0 Å². The van der Waals surface area contributed by atoms with Crippen molar-refractivity contribution in [3.05, 3.63) is 23.8 Å².